The molecule has 6 nitrogen and oxygen atoms in total. The molecule has 0 saturated carbocycles. The lowest BCUT2D eigenvalue weighted by atomic mass is 10.1. The van der Waals surface area contributed by atoms with Crippen molar-refractivity contribution in [1.29, 1.82) is 0 Å². The topological polar surface area (TPSA) is 78.9 Å². The molecule has 0 aliphatic rings. The van der Waals surface area contributed by atoms with Crippen LogP contribution in [0.15, 0.2) is 109 Å². The third kappa shape index (κ3) is 51.1. The molecule has 66 heavy (non-hydrogen) atoms. The maximum atomic E-state index is 12.8. The van der Waals surface area contributed by atoms with Gasteiger partial charge in [0.05, 0.1) is 0 Å². The molecule has 1 unspecified atom stereocenters. The summed E-state index contributed by atoms with van der Waals surface area (Å²) in [5, 5.41) is 0. The highest BCUT2D eigenvalue weighted by Gasteiger charge is 2.19. The maximum absolute atomic E-state index is 12.8. The van der Waals surface area contributed by atoms with E-state index in [9.17, 15) is 14.4 Å². The number of carbonyl (C=O) groups is 3. The molecule has 0 aromatic heterocycles. The lowest BCUT2D eigenvalue weighted by Gasteiger charge is -2.18. The summed E-state index contributed by atoms with van der Waals surface area (Å²) in [6.07, 6.45) is 72.5. The van der Waals surface area contributed by atoms with Crippen LogP contribution in [0.1, 0.15) is 233 Å². The Morgan fingerprint density at radius 2 is 0.606 bits per heavy atom. The maximum Gasteiger partial charge on any atom is 0.306 e. The molecule has 0 amide bonds. The zero-order valence-corrected chi connectivity index (χ0v) is 42.7. The van der Waals surface area contributed by atoms with E-state index >= 15 is 0 Å². The Kier molecular flexibility index (Phi) is 50.5. The first-order valence-corrected chi connectivity index (χ1v) is 26.9. The number of rotatable bonds is 47. The molecule has 0 bridgehead atoms. The van der Waals surface area contributed by atoms with Crippen LogP contribution < -0.4 is 0 Å². The average Bonchev–Trinajstić information content (AvgIpc) is 3.31. The van der Waals surface area contributed by atoms with E-state index in [0.29, 0.717) is 19.3 Å². The first kappa shape index (κ1) is 62.1. The average molecular weight is 915 g/mol. The molecule has 0 fully saturated rings. The van der Waals surface area contributed by atoms with Crippen molar-refractivity contribution in [3.05, 3.63) is 109 Å². The van der Waals surface area contributed by atoms with Gasteiger partial charge in [0.1, 0.15) is 13.2 Å². The molecule has 0 N–H and O–H groups in total. The van der Waals surface area contributed by atoms with E-state index in [2.05, 4.69) is 130 Å². The molecule has 6 heteroatoms. The van der Waals surface area contributed by atoms with Gasteiger partial charge in [0, 0.05) is 19.3 Å². The van der Waals surface area contributed by atoms with Gasteiger partial charge in [0.2, 0.25) is 0 Å². The first-order valence-electron chi connectivity index (χ1n) is 26.9. The van der Waals surface area contributed by atoms with E-state index in [1.807, 2.05) is 0 Å². The minimum Gasteiger partial charge on any atom is -0.462 e. The number of carbonyl (C=O) groups excluding carboxylic acids is 3. The SMILES string of the molecule is CC/C=C\C/C=C\C/C=C\C/C=C\C/C=C\C/C=C\C/C=C\CCCC(=O)OCC(COC(=O)CCCCCCCC)OC(=O)CCCCCCCCCCC/C=C\C/C=C\CCCCC. The van der Waals surface area contributed by atoms with Gasteiger partial charge in [0.25, 0.3) is 0 Å². The van der Waals surface area contributed by atoms with Crippen LogP contribution in [0.2, 0.25) is 0 Å². The van der Waals surface area contributed by atoms with Gasteiger partial charge in [-0.05, 0) is 103 Å². The van der Waals surface area contributed by atoms with Gasteiger partial charge in [-0.15, -0.1) is 0 Å². The van der Waals surface area contributed by atoms with Gasteiger partial charge < -0.3 is 14.2 Å². The number of esters is 3. The van der Waals surface area contributed by atoms with Gasteiger partial charge in [0.15, 0.2) is 6.10 Å². The lowest BCUT2D eigenvalue weighted by Crippen LogP contribution is -2.30. The molecule has 0 aromatic carbocycles. The summed E-state index contributed by atoms with van der Waals surface area (Å²) in [7, 11) is 0. The number of hydrogen-bond acceptors (Lipinski definition) is 6. The monoisotopic (exact) mass is 915 g/mol. The summed E-state index contributed by atoms with van der Waals surface area (Å²) < 4.78 is 16.7. The fourth-order valence-corrected chi connectivity index (χ4v) is 6.99. The molecule has 0 spiro atoms. The highest BCUT2D eigenvalue weighted by molar-refractivity contribution is 5.71. The molecule has 1 atom stereocenters. The Labute approximate surface area is 406 Å². The Morgan fingerprint density at radius 1 is 0.318 bits per heavy atom. The minimum atomic E-state index is -0.802. The molecular weight excluding hydrogens is 817 g/mol. The van der Waals surface area contributed by atoms with Crippen molar-refractivity contribution < 1.29 is 28.6 Å². The Morgan fingerprint density at radius 3 is 1.02 bits per heavy atom. The van der Waals surface area contributed by atoms with Crippen LogP contribution in [0.4, 0.5) is 0 Å². The van der Waals surface area contributed by atoms with E-state index < -0.39 is 6.10 Å². The lowest BCUT2D eigenvalue weighted by molar-refractivity contribution is -0.167. The van der Waals surface area contributed by atoms with Crippen LogP contribution in [-0.4, -0.2) is 37.2 Å². The van der Waals surface area contributed by atoms with Crippen molar-refractivity contribution in [2.75, 3.05) is 13.2 Å². The predicted molar refractivity (Wildman–Crippen MR) is 283 cm³/mol. The molecule has 0 aliphatic carbocycles. The fraction of sp³-hybridized carbons (Fsp3) is 0.650. The van der Waals surface area contributed by atoms with Crippen molar-refractivity contribution in [2.24, 2.45) is 0 Å². The number of hydrogen-bond donors (Lipinski definition) is 0. The number of ether oxygens (including phenoxy) is 3. The van der Waals surface area contributed by atoms with Crippen molar-refractivity contribution >= 4 is 17.9 Å². The second-order valence-electron chi connectivity index (χ2n) is 17.4. The summed E-state index contributed by atoms with van der Waals surface area (Å²) >= 11 is 0. The molecule has 0 aliphatic heterocycles. The molecule has 374 valence electrons. The summed E-state index contributed by atoms with van der Waals surface area (Å²) in [6, 6.07) is 0. The van der Waals surface area contributed by atoms with Gasteiger partial charge in [-0.2, -0.15) is 0 Å². The predicted octanol–water partition coefficient (Wildman–Crippen LogP) is 17.9. The summed E-state index contributed by atoms with van der Waals surface area (Å²) in [4.78, 5) is 37.8. The van der Waals surface area contributed by atoms with Crippen molar-refractivity contribution in [2.45, 2.75) is 239 Å². The second-order valence-corrected chi connectivity index (χ2v) is 17.4. The standard InChI is InChI=1S/C60H98O6/c1-4-7-10-13-16-18-20-22-24-26-28-29-30-31-33-34-36-38-40-42-44-47-50-53-59(62)65-56-57(55-64-58(61)52-49-46-15-12-9-6-3)66-60(63)54-51-48-45-43-41-39-37-35-32-27-25-23-21-19-17-14-11-8-5-2/h7,10,16-19,22-25,28-29,31,33,36,38,42,44,57H,4-6,8-9,11-15,20-21,26-27,30,32,34-35,37,39-41,43,45-56H2,1-3H3/b10-7-,18-16-,19-17-,24-22-,25-23-,29-28-,33-31-,38-36-,44-42-. The van der Waals surface area contributed by atoms with Gasteiger partial charge >= 0.3 is 17.9 Å². The Balaban J connectivity index is 4.32. The van der Waals surface area contributed by atoms with E-state index in [1.165, 1.54) is 89.9 Å². The third-order valence-electron chi connectivity index (χ3n) is 11.0. The normalized spacial score (nSPS) is 13.0. The van der Waals surface area contributed by atoms with Crippen molar-refractivity contribution in [1.82, 2.24) is 0 Å². The largest absolute Gasteiger partial charge is 0.462 e. The number of allylic oxidation sites excluding steroid dienone is 18. The molecular formula is C60H98O6. The van der Waals surface area contributed by atoms with E-state index in [4.69, 9.17) is 14.2 Å². The fourth-order valence-electron chi connectivity index (χ4n) is 6.99. The highest BCUT2D eigenvalue weighted by atomic mass is 16.6. The quantitative estimate of drug-likeness (QED) is 0.0262. The molecule has 0 rings (SSSR count). The highest BCUT2D eigenvalue weighted by Crippen LogP contribution is 2.14. The number of unbranched alkanes of at least 4 members (excludes halogenated alkanes) is 18. The van der Waals surface area contributed by atoms with Crippen LogP contribution in [0.3, 0.4) is 0 Å². The van der Waals surface area contributed by atoms with Gasteiger partial charge in [-0.1, -0.05) is 220 Å². The van der Waals surface area contributed by atoms with Crippen LogP contribution in [-0.2, 0) is 28.6 Å². The summed E-state index contributed by atoms with van der Waals surface area (Å²) in [5.74, 6) is -0.979. The first-order chi connectivity index (χ1) is 32.5. The smallest absolute Gasteiger partial charge is 0.306 e. The van der Waals surface area contributed by atoms with Crippen molar-refractivity contribution in [3.8, 4) is 0 Å². The van der Waals surface area contributed by atoms with Crippen LogP contribution >= 0.6 is 0 Å². The second kappa shape index (κ2) is 53.7. The van der Waals surface area contributed by atoms with E-state index in [-0.39, 0.29) is 37.5 Å². The third-order valence-corrected chi connectivity index (χ3v) is 11.0. The summed E-state index contributed by atoms with van der Waals surface area (Å²) in [6.45, 7) is 6.38. The zero-order chi connectivity index (χ0) is 47.9. The van der Waals surface area contributed by atoms with E-state index in [0.717, 1.165) is 96.3 Å². The zero-order valence-electron chi connectivity index (χ0n) is 42.7. The van der Waals surface area contributed by atoms with Crippen LogP contribution in [0.5, 0.6) is 0 Å². The Bertz CT molecular complexity index is 1370. The molecule has 0 saturated heterocycles. The van der Waals surface area contributed by atoms with Crippen LogP contribution in [0.25, 0.3) is 0 Å². The van der Waals surface area contributed by atoms with Crippen LogP contribution in [0, 0.1) is 0 Å². The van der Waals surface area contributed by atoms with Gasteiger partial charge in [-0.3, -0.25) is 14.4 Å². The molecule has 0 heterocycles. The Hall–Kier alpha value is -3.93. The van der Waals surface area contributed by atoms with E-state index in [1.54, 1.807) is 0 Å². The minimum absolute atomic E-state index is 0.0994. The molecule has 0 radical (unpaired) electrons. The molecule has 0 aromatic rings. The summed E-state index contributed by atoms with van der Waals surface area (Å²) in [5.41, 5.74) is 0. The van der Waals surface area contributed by atoms with Gasteiger partial charge in [-0.25, -0.2) is 0 Å². The van der Waals surface area contributed by atoms with Crippen molar-refractivity contribution in [3.63, 3.8) is 0 Å².